The number of methoxy groups -OCH3 is 1. The highest BCUT2D eigenvalue weighted by molar-refractivity contribution is 7.98. The molecule has 1 aromatic rings. The fraction of sp³-hybridized carbons (Fsp3) is 0.625. The second-order valence-corrected chi connectivity index (χ2v) is 5.73. The summed E-state index contributed by atoms with van der Waals surface area (Å²) in [6, 6.07) is 8.86. The summed E-state index contributed by atoms with van der Waals surface area (Å²) in [5.41, 5.74) is 1.35. The lowest BCUT2D eigenvalue weighted by Gasteiger charge is -2.17. The van der Waals surface area contributed by atoms with Crippen LogP contribution in [0.2, 0.25) is 0 Å². The molecule has 0 saturated heterocycles. The van der Waals surface area contributed by atoms with Crippen LogP contribution in [0.25, 0.3) is 0 Å². The highest BCUT2D eigenvalue weighted by Gasteiger charge is 2.07. The van der Waals surface area contributed by atoms with Gasteiger partial charge in [0.05, 0.1) is 7.11 Å². The summed E-state index contributed by atoms with van der Waals surface area (Å²) >= 11 is 1.94. The van der Waals surface area contributed by atoms with E-state index in [0.29, 0.717) is 6.04 Å². The Labute approximate surface area is 122 Å². The molecule has 2 nitrogen and oxygen atoms in total. The summed E-state index contributed by atoms with van der Waals surface area (Å²) in [5, 5.41) is 3.65. The molecule has 19 heavy (non-hydrogen) atoms. The summed E-state index contributed by atoms with van der Waals surface area (Å²) < 4.78 is 5.20. The number of benzene rings is 1. The van der Waals surface area contributed by atoms with Crippen LogP contribution in [-0.2, 0) is 0 Å². The van der Waals surface area contributed by atoms with Gasteiger partial charge in [-0.2, -0.15) is 11.8 Å². The van der Waals surface area contributed by atoms with E-state index in [1.807, 2.05) is 23.9 Å². The van der Waals surface area contributed by atoms with Crippen molar-refractivity contribution in [2.45, 2.75) is 38.6 Å². The minimum atomic E-state index is 0.464. The summed E-state index contributed by atoms with van der Waals surface area (Å²) in [4.78, 5) is 0. The molecular weight excluding hydrogens is 254 g/mol. The van der Waals surface area contributed by atoms with Gasteiger partial charge in [-0.15, -0.1) is 0 Å². The zero-order valence-corrected chi connectivity index (χ0v) is 13.3. The second-order valence-electron chi connectivity index (χ2n) is 4.74. The number of hydrogen-bond donors (Lipinski definition) is 1. The highest BCUT2D eigenvalue weighted by Crippen LogP contribution is 2.20. The highest BCUT2D eigenvalue weighted by atomic mass is 32.2. The number of thioether (sulfide) groups is 1. The van der Waals surface area contributed by atoms with E-state index in [0.717, 1.165) is 18.7 Å². The van der Waals surface area contributed by atoms with Gasteiger partial charge in [0.2, 0.25) is 0 Å². The molecule has 0 aliphatic rings. The summed E-state index contributed by atoms with van der Waals surface area (Å²) in [7, 11) is 1.71. The molecule has 1 atom stereocenters. The molecule has 0 saturated carbocycles. The van der Waals surface area contributed by atoms with Gasteiger partial charge in [0, 0.05) is 6.04 Å². The van der Waals surface area contributed by atoms with Crippen molar-refractivity contribution in [3.05, 3.63) is 29.8 Å². The topological polar surface area (TPSA) is 21.3 Å². The minimum Gasteiger partial charge on any atom is -0.497 e. The molecule has 0 bridgehead atoms. The van der Waals surface area contributed by atoms with Crippen LogP contribution in [0.3, 0.4) is 0 Å². The number of ether oxygens (including phenoxy) is 1. The molecule has 0 heterocycles. The first-order valence-electron chi connectivity index (χ1n) is 7.18. The monoisotopic (exact) mass is 281 g/mol. The molecule has 0 aromatic heterocycles. The quantitative estimate of drug-likeness (QED) is 0.647. The van der Waals surface area contributed by atoms with E-state index >= 15 is 0 Å². The summed E-state index contributed by atoms with van der Waals surface area (Å²) in [5.74, 6) is 2.21. The Hall–Kier alpha value is -0.670. The van der Waals surface area contributed by atoms with Gasteiger partial charge in [-0.05, 0) is 55.5 Å². The molecule has 3 heteroatoms. The Morgan fingerprint density at radius 2 is 1.89 bits per heavy atom. The zero-order chi connectivity index (χ0) is 13.9. The lowest BCUT2D eigenvalue weighted by Crippen LogP contribution is -2.21. The standard InChI is InChI=1S/C16H27NOS/c1-4-16(17-12-6-5-7-13-19-3)14-8-10-15(18-2)11-9-14/h8-11,16-17H,4-7,12-13H2,1-3H3. The number of nitrogens with one attached hydrogen (secondary N) is 1. The average molecular weight is 281 g/mol. The third-order valence-electron chi connectivity index (χ3n) is 3.34. The van der Waals surface area contributed by atoms with E-state index in [1.165, 1.54) is 30.6 Å². The molecule has 0 spiro atoms. The average Bonchev–Trinajstić information content (AvgIpc) is 2.47. The second kappa shape index (κ2) is 10.2. The van der Waals surface area contributed by atoms with Gasteiger partial charge in [-0.25, -0.2) is 0 Å². The van der Waals surface area contributed by atoms with Gasteiger partial charge < -0.3 is 10.1 Å². The first-order chi connectivity index (χ1) is 9.31. The van der Waals surface area contributed by atoms with E-state index in [-0.39, 0.29) is 0 Å². The molecule has 108 valence electrons. The van der Waals surface area contributed by atoms with Gasteiger partial charge in [0.25, 0.3) is 0 Å². The van der Waals surface area contributed by atoms with E-state index in [4.69, 9.17) is 4.74 Å². The predicted molar refractivity (Wildman–Crippen MR) is 86.3 cm³/mol. The van der Waals surface area contributed by atoms with Crippen molar-refractivity contribution in [1.82, 2.24) is 5.32 Å². The van der Waals surface area contributed by atoms with E-state index < -0.39 is 0 Å². The van der Waals surface area contributed by atoms with Gasteiger partial charge in [-0.1, -0.05) is 25.5 Å². The molecular formula is C16H27NOS. The molecule has 0 aliphatic carbocycles. The van der Waals surface area contributed by atoms with Crippen LogP contribution in [0.1, 0.15) is 44.2 Å². The third-order valence-corrected chi connectivity index (χ3v) is 4.04. The lowest BCUT2D eigenvalue weighted by atomic mass is 10.0. The van der Waals surface area contributed by atoms with Crippen LogP contribution in [-0.4, -0.2) is 25.7 Å². The molecule has 1 N–H and O–H groups in total. The fourth-order valence-electron chi connectivity index (χ4n) is 2.16. The molecule has 0 radical (unpaired) electrons. The molecule has 0 fully saturated rings. The van der Waals surface area contributed by atoms with E-state index in [9.17, 15) is 0 Å². The Balaban J connectivity index is 2.31. The van der Waals surface area contributed by atoms with Gasteiger partial charge >= 0.3 is 0 Å². The van der Waals surface area contributed by atoms with Crippen molar-refractivity contribution in [2.24, 2.45) is 0 Å². The van der Waals surface area contributed by atoms with Crippen molar-refractivity contribution in [2.75, 3.05) is 25.7 Å². The number of unbranched alkanes of at least 4 members (excludes halogenated alkanes) is 2. The molecule has 0 amide bonds. The number of hydrogen-bond acceptors (Lipinski definition) is 3. The van der Waals surface area contributed by atoms with Crippen molar-refractivity contribution in [3.8, 4) is 5.75 Å². The van der Waals surface area contributed by atoms with Crippen LogP contribution in [0.4, 0.5) is 0 Å². The van der Waals surface area contributed by atoms with Crippen LogP contribution in [0, 0.1) is 0 Å². The fourth-order valence-corrected chi connectivity index (χ4v) is 2.65. The normalized spacial score (nSPS) is 12.4. The Morgan fingerprint density at radius 1 is 1.16 bits per heavy atom. The third kappa shape index (κ3) is 6.35. The largest absolute Gasteiger partial charge is 0.497 e. The number of rotatable bonds is 10. The molecule has 0 aliphatic heterocycles. The maximum Gasteiger partial charge on any atom is 0.118 e. The Kier molecular flexibility index (Phi) is 8.76. The maximum absolute atomic E-state index is 5.20. The van der Waals surface area contributed by atoms with Gasteiger partial charge in [-0.3, -0.25) is 0 Å². The van der Waals surface area contributed by atoms with Crippen molar-refractivity contribution < 1.29 is 4.74 Å². The molecule has 1 rings (SSSR count). The van der Waals surface area contributed by atoms with Crippen molar-refractivity contribution >= 4 is 11.8 Å². The van der Waals surface area contributed by atoms with Crippen molar-refractivity contribution in [3.63, 3.8) is 0 Å². The first-order valence-corrected chi connectivity index (χ1v) is 8.57. The van der Waals surface area contributed by atoms with Crippen LogP contribution in [0.15, 0.2) is 24.3 Å². The van der Waals surface area contributed by atoms with Gasteiger partial charge in [0.1, 0.15) is 5.75 Å². The zero-order valence-electron chi connectivity index (χ0n) is 12.4. The van der Waals surface area contributed by atoms with Crippen LogP contribution in [0.5, 0.6) is 5.75 Å². The smallest absolute Gasteiger partial charge is 0.118 e. The van der Waals surface area contributed by atoms with Gasteiger partial charge in [0.15, 0.2) is 0 Å². The summed E-state index contributed by atoms with van der Waals surface area (Å²) in [6.45, 7) is 3.34. The Morgan fingerprint density at radius 3 is 2.47 bits per heavy atom. The lowest BCUT2D eigenvalue weighted by molar-refractivity contribution is 0.414. The van der Waals surface area contributed by atoms with Crippen LogP contribution >= 0.6 is 11.8 Å². The molecule has 1 unspecified atom stereocenters. The first kappa shape index (κ1) is 16.4. The van der Waals surface area contributed by atoms with Crippen molar-refractivity contribution in [1.29, 1.82) is 0 Å². The SMILES string of the molecule is CCC(NCCCCCSC)c1ccc(OC)cc1. The Bertz CT molecular complexity index is 326. The van der Waals surface area contributed by atoms with E-state index in [1.54, 1.807) is 7.11 Å². The summed E-state index contributed by atoms with van der Waals surface area (Å²) in [6.07, 6.45) is 7.23. The van der Waals surface area contributed by atoms with Crippen LogP contribution < -0.4 is 10.1 Å². The van der Waals surface area contributed by atoms with E-state index in [2.05, 4.69) is 30.6 Å². The maximum atomic E-state index is 5.20. The molecule has 1 aromatic carbocycles. The minimum absolute atomic E-state index is 0.464. The predicted octanol–water partition coefficient (Wildman–Crippen LogP) is 4.27.